The molecule has 68 valence electrons. The number of benzene rings is 1. The molecular formula is C9H10N2OS. The molecule has 2 rings (SSSR count). The molecule has 0 unspecified atom stereocenters. The Bertz CT molecular complexity index is 424. The lowest BCUT2D eigenvalue weighted by Crippen LogP contribution is -1.91. The molecule has 13 heavy (non-hydrogen) atoms. The Morgan fingerprint density at radius 1 is 1.46 bits per heavy atom. The third-order valence-electron chi connectivity index (χ3n) is 1.92. The average Bonchev–Trinajstić information content (AvgIpc) is 2.49. The molecular weight excluding hydrogens is 184 g/mol. The molecule has 0 aliphatic carbocycles. The molecule has 3 nitrogen and oxygen atoms in total. The van der Waals surface area contributed by atoms with Crippen LogP contribution in [-0.4, -0.2) is 16.1 Å². The number of hydrogen-bond donors (Lipinski definition) is 2. The second-order valence-electron chi connectivity index (χ2n) is 2.86. The third-order valence-corrected chi connectivity index (χ3v) is 2.78. The Morgan fingerprint density at radius 2 is 2.31 bits per heavy atom. The molecule has 2 aromatic rings. The molecule has 1 heterocycles. The van der Waals surface area contributed by atoms with Gasteiger partial charge in [-0.15, -0.1) is 0 Å². The van der Waals surface area contributed by atoms with Gasteiger partial charge in [0.1, 0.15) is 0 Å². The largest absolute Gasteiger partial charge is 0.399 e. The van der Waals surface area contributed by atoms with Gasteiger partial charge in [0.2, 0.25) is 0 Å². The van der Waals surface area contributed by atoms with Gasteiger partial charge >= 0.3 is 0 Å². The summed E-state index contributed by atoms with van der Waals surface area (Å²) < 4.78 is 5.38. The number of nitrogen functional groups attached to an aromatic ring is 1. The van der Waals surface area contributed by atoms with Crippen molar-refractivity contribution < 1.29 is 5.11 Å². The first kappa shape index (κ1) is 8.47. The van der Waals surface area contributed by atoms with Gasteiger partial charge in [-0.05, 0) is 29.7 Å². The maximum Gasteiger partial charge on any atom is 0.0644 e. The van der Waals surface area contributed by atoms with E-state index in [4.69, 9.17) is 10.8 Å². The Hall–Kier alpha value is -1.13. The van der Waals surface area contributed by atoms with Gasteiger partial charge < -0.3 is 10.8 Å². The molecule has 3 N–H and O–H groups in total. The fourth-order valence-electron chi connectivity index (χ4n) is 1.29. The zero-order chi connectivity index (χ0) is 9.26. The van der Waals surface area contributed by atoms with Crippen LogP contribution in [0.25, 0.3) is 10.1 Å². The van der Waals surface area contributed by atoms with Gasteiger partial charge in [0, 0.05) is 24.1 Å². The third kappa shape index (κ3) is 1.50. The van der Waals surface area contributed by atoms with Gasteiger partial charge in [0.05, 0.1) is 10.4 Å². The van der Waals surface area contributed by atoms with Gasteiger partial charge in [-0.3, -0.25) is 0 Å². The van der Waals surface area contributed by atoms with Crippen LogP contribution < -0.4 is 5.73 Å². The highest BCUT2D eigenvalue weighted by Crippen LogP contribution is 2.24. The van der Waals surface area contributed by atoms with Crippen molar-refractivity contribution in [2.75, 3.05) is 12.3 Å². The first-order valence-corrected chi connectivity index (χ1v) is 4.83. The Kier molecular flexibility index (Phi) is 2.16. The summed E-state index contributed by atoms with van der Waals surface area (Å²) in [7, 11) is 0. The number of aromatic nitrogens is 1. The minimum atomic E-state index is 0.133. The number of nitrogens with zero attached hydrogens (tertiary/aromatic N) is 1. The van der Waals surface area contributed by atoms with Crippen LogP contribution in [0.3, 0.4) is 0 Å². The summed E-state index contributed by atoms with van der Waals surface area (Å²) >= 11 is 1.45. The summed E-state index contributed by atoms with van der Waals surface area (Å²) in [6.07, 6.45) is 0.601. The smallest absolute Gasteiger partial charge is 0.0644 e. The predicted molar refractivity (Wildman–Crippen MR) is 54.8 cm³/mol. The lowest BCUT2D eigenvalue weighted by atomic mass is 10.2. The molecule has 1 aromatic carbocycles. The number of aliphatic hydroxyl groups excluding tert-OH is 1. The van der Waals surface area contributed by atoms with Gasteiger partial charge in [-0.2, -0.15) is 4.37 Å². The summed E-state index contributed by atoms with van der Waals surface area (Å²) in [6, 6.07) is 5.73. The summed E-state index contributed by atoms with van der Waals surface area (Å²) in [5.74, 6) is 0. The van der Waals surface area contributed by atoms with Gasteiger partial charge in [0.15, 0.2) is 0 Å². The first-order chi connectivity index (χ1) is 6.31. The van der Waals surface area contributed by atoms with E-state index in [2.05, 4.69) is 4.37 Å². The fourth-order valence-corrected chi connectivity index (χ4v) is 2.09. The van der Waals surface area contributed by atoms with Crippen molar-refractivity contribution >= 4 is 27.3 Å². The second kappa shape index (κ2) is 3.32. The molecule has 0 saturated heterocycles. The highest BCUT2D eigenvalue weighted by molar-refractivity contribution is 7.13. The van der Waals surface area contributed by atoms with Crippen molar-refractivity contribution in [3.63, 3.8) is 0 Å². The number of nitrogens with two attached hydrogens (primary N) is 1. The molecule has 4 heteroatoms. The Labute approximate surface area is 80.0 Å². The van der Waals surface area contributed by atoms with E-state index in [0.717, 1.165) is 21.5 Å². The summed E-state index contributed by atoms with van der Waals surface area (Å²) in [6.45, 7) is 0.133. The molecule has 0 aliphatic rings. The van der Waals surface area contributed by atoms with Crippen LogP contribution in [0, 0.1) is 0 Å². The summed E-state index contributed by atoms with van der Waals surface area (Å²) in [5, 5.41) is 9.87. The van der Waals surface area contributed by atoms with E-state index in [-0.39, 0.29) is 6.61 Å². The lowest BCUT2D eigenvalue weighted by Gasteiger charge is -1.95. The lowest BCUT2D eigenvalue weighted by molar-refractivity contribution is 0.299. The minimum absolute atomic E-state index is 0.133. The van der Waals surface area contributed by atoms with E-state index < -0.39 is 0 Å². The molecule has 0 fully saturated rings. The maximum absolute atomic E-state index is 8.80. The van der Waals surface area contributed by atoms with Gasteiger partial charge in [-0.25, -0.2) is 0 Å². The van der Waals surface area contributed by atoms with Crippen LogP contribution in [0.5, 0.6) is 0 Å². The molecule has 0 amide bonds. The maximum atomic E-state index is 8.80. The van der Waals surface area contributed by atoms with Crippen LogP contribution in [0.15, 0.2) is 18.2 Å². The van der Waals surface area contributed by atoms with Crippen molar-refractivity contribution in [1.29, 1.82) is 0 Å². The van der Waals surface area contributed by atoms with Crippen LogP contribution in [0.2, 0.25) is 0 Å². The molecule has 0 radical (unpaired) electrons. The minimum Gasteiger partial charge on any atom is -0.399 e. The SMILES string of the molecule is Nc1ccc2snc(CCO)c2c1. The zero-order valence-electron chi connectivity index (χ0n) is 7.03. The van der Waals surface area contributed by atoms with Crippen molar-refractivity contribution in [3.8, 4) is 0 Å². The molecule has 0 spiro atoms. The molecule has 1 aromatic heterocycles. The van der Waals surface area contributed by atoms with Gasteiger partial charge in [-0.1, -0.05) is 0 Å². The molecule has 0 bridgehead atoms. The van der Waals surface area contributed by atoms with Crippen molar-refractivity contribution in [1.82, 2.24) is 4.37 Å². The number of aliphatic hydroxyl groups is 1. The molecule has 0 saturated carbocycles. The highest BCUT2D eigenvalue weighted by Gasteiger charge is 2.04. The topological polar surface area (TPSA) is 59.1 Å². The quantitative estimate of drug-likeness (QED) is 0.711. The normalized spacial score (nSPS) is 10.8. The van der Waals surface area contributed by atoms with Crippen LogP contribution in [0.4, 0.5) is 5.69 Å². The van der Waals surface area contributed by atoms with E-state index in [0.29, 0.717) is 6.42 Å². The van der Waals surface area contributed by atoms with E-state index in [1.165, 1.54) is 11.5 Å². The standard InChI is InChI=1S/C9H10N2OS/c10-6-1-2-9-7(5-6)8(3-4-12)11-13-9/h1-2,5,12H,3-4,10H2. The fraction of sp³-hybridized carbons (Fsp3) is 0.222. The number of fused-ring (bicyclic) bond motifs is 1. The van der Waals surface area contributed by atoms with Crippen LogP contribution in [0.1, 0.15) is 5.69 Å². The zero-order valence-corrected chi connectivity index (χ0v) is 7.84. The summed E-state index contributed by atoms with van der Waals surface area (Å²) in [5.41, 5.74) is 7.34. The van der Waals surface area contributed by atoms with E-state index >= 15 is 0 Å². The molecule has 0 aliphatic heterocycles. The second-order valence-corrected chi connectivity index (χ2v) is 3.66. The van der Waals surface area contributed by atoms with Gasteiger partial charge in [0.25, 0.3) is 0 Å². The number of hydrogen-bond acceptors (Lipinski definition) is 4. The molecule has 0 atom stereocenters. The van der Waals surface area contributed by atoms with E-state index in [1.807, 2.05) is 18.2 Å². The Balaban J connectivity index is 2.58. The first-order valence-electron chi connectivity index (χ1n) is 4.06. The number of anilines is 1. The summed E-state index contributed by atoms with van der Waals surface area (Å²) in [4.78, 5) is 0. The predicted octanol–water partition coefficient (Wildman–Crippen LogP) is 1.41. The van der Waals surface area contributed by atoms with Crippen molar-refractivity contribution in [3.05, 3.63) is 23.9 Å². The van der Waals surface area contributed by atoms with E-state index in [1.54, 1.807) is 0 Å². The van der Waals surface area contributed by atoms with E-state index in [9.17, 15) is 0 Å². The monoisotopic (exact) mass is 194 g/mol. The van der Waals surface area contributed by atoms with Crippen LogP contribution >= 0.6 is 11.5 Å². The number of rotatable bonds is 2. The Morgan fingerprint density at radius 3 is 3.08 bits per heavy atom. The highest BCUT2D eigenvalue weighted by atomic mass is 32.1. The average molecular weight is 194 g/mol. The van der Waals surface area contributed by atoms with Crippen molar-refractivity contribution in [2.24, 2.45) is 0 Å². The van der Waals surface area contributed by atoms with Crippen molar-refractivity contribution in [2.45, 2.75) is 6.42 Å². The van der Waals surface area contributed by atoms with Crippen LogP contribution in [-0.2, 0) is 6.42 Å².